The Morgan fingerprint density at radius 3 is 3.10 bits per heavy atom. The van der Waals surface area contributed by atoms with E-state index >= 15 is 0 Å². The second kappa shape index (κ2) is 7.26. The molecule has 1 fully saturated rings. The van der Waals surface area contributed by atoms with Crippen LogP contribution in [0, 0.1) is 5.41 Å². The maximum absolute atomic E-state index is 12.5. The molecule has 118 valence electrons. The molecule has 1 aliphatic rings. The highest BCUT2D eigenvalue weighted by Crippen LogP contribution is 2.29. The largest absolute Gasteiger partial charge is 0.347 e. The van der Waals surface area contributed by atoms with Crippen LogP contribution in [0.3, 0.4) is 0 Å². The molecule has 1 unspecified atom stereocenters. The Labute approximate surface area is 130 Å². The molecular weight excluding hydrogens is 288 g/mol. The molecule has 1 aromatic heterocycles. The van der Waals surface area contributed by atoms with Crippen molar-refractivity contribution in [1.29, 1.82) is 0 Å². The van der Waals surface area contributed by atoms with Crippen LogP contribution in [0.25, 0.3) is 0 Å². The van der Waals surface area contributed by atoms with Crippen molar-refractivity contribution in [3.8, 4) is 0 Å². The van der Waals surface area contributed by atoms with Crippen molar-refractivity contribution in [1.82, 2.24) is 20.4 Å². The Hall–Kier alpha value is -1.08. The van der Waals surface area contributed by atoms with Gasteiger partial charge in [0.1, 0.15) is 0 Å². The number of piperidine rings is 1. The first-order valence-electron chi connectivity index (χ1n) is 7.38. The first kappa shape index (κ1) is 16.3. The minimum atomic E-state index is -0.323. The number of carbonyl (C=O) groups is 1. The van der Waals surface area contributed by atoms with Gasteiger partial charge >= 0.3 is 0 Å². The minimum Gasteiger partial charge on any atom is -0.347 e. The van der Waals surface area contributed by atoms with Gasteiger partial charge in [-0.2, -0.15) is 16.7 Å². The molecule has 0 bridgehead atoms. The molecule has 1 saturated heterocycles. The number of amides is 1. The quantitative estimate of drug-likeness (QED) is 0.861. The lowest BCUT2D eigenvalue weighted by Gasteiger charge is -2.38. The lowest BCUT2D eigenvalue weighted by molar-refractivity contribution is -0.133. The molecule has 21 heavy (non-hydrogen) atoms. The number of carbonyl (C=O) groups excluding carboxylic acids is 1. The van der Waals surface area contributed by atoms with E-state index in [0.717, 1.165) is 38.2 Å². The van der Waals surface area contributed by atoms with Gasteiger partial charge < -0.3 is 14.7 Å². The maximum Gasteiger partial charge on any atom is 0.246 e. The Kier molecular flexibility index (Phi) is 5.64. The monoisotopic (exact) mass is 312 g/mol. The van der Waals surface area contributed by atoms with Gasteiger partial charge in [-0.1, -0.05) is 12.1 Å². The lowest BCUT2D eigenvalue weighted by Crippen LogP contribution is -2.50. The summed E-state index contributed by atoms with van der Waals surface area (Å²) in [5, 5.41) is 6.81. The minimum absolute atomic E-state index is 0.0743. The van der Waals surface area contributed by atoms with Gasteiger partial charge in [0.15, 0.2) is 5.82 Å². The standard InChI is InChI=1S/C14H24N4O2S/c1-4-18-7-5-6-14(2,10-18)13(19)15-8-12-16-11(9-21-3)17-20-12/h4-10H2,1-3H3,(H,15,19). The molecule has 0 spiro atoms. The van der Waals surface area contributed by atoms with E-state index < -0.39 is 0 Å². The van der Waals surface area contributed by atoms with E-state index in [0.29, 0.717) is 18.3 Å². The number of nitrogens with zero attached hydrogens (tertiary/aromatic N) is 3. The number of likely N-dealkylation sites (tertiary alicyclic amines) is 1. The average molecular weight is 312 g/mol. The Morgan fingerprint density at radius 1 is 1.57 bits per heavy atom. The molecule has 6 nitrogen and oxygen atoms in total. The van der Waals surface area contributed by atoms with Crippen LogP contribution in [0.5, 0.6) is 0 Å². The zero-order chi connectivity index (χ0) is 15.3. The molecule has 0 aromatic carbocycles. The van der Waals surface area contributed by atoms with Crippen LogP contribution in [-0.2, 0) is 17.1 Å². The summed E-state index contributed by atoms with van der Waals surface area (Å²) < 4.78 is 5.13. The van der Waals surface area contributed by atoms with Crippen LogP contribution in [-0.4, -0.2) is 46.8 Å². The summed E-state index contributed by atoms with van der Waals surface area (Å²) in [5.74, 6) is 1.94. The van der Waals surface area contributed by atoms with Gasteiger partial charge in [0.05, 0.1) is 17.7 Å². The van der Waals surface area contributed by atoms with Crippen LogP contribution < -0.4 is 5.32 Å². The summed E-state index contributed by atoms with van der Waals surface area (Å²) in [7, 11) is 0. The second-order valence-electron chi connectivity index (χ2n) is 5.75. The fourth-order valence-electron chi connectivity index (χ4n) is 2.72. The van der Waals surface area contributed by atoms with E-state index in [9.17, 15) is 4.79 Å². The molecule has 7 heteroatoms. The molecule has 1 aromatic rings. The normalized spacial score (nSPS) is 23.2. The second-order valence-corrected chi connectivity index (χ2v) is 6.62. The highest BCUT2D eigenvalue weighted by atomic mass is 32.2. The average Bonchev–Trinajstić information content (AvgIpc) is 2.92. The summed E-state index contributed by atoms with van der Waals surface area (Å²) in [5.41, 5.74) is -0.323. The van der Waals surface area contributed by atoms with Gasteiger partial charge in [-0.25, -0.2) is 0 Å². The first-order chi connectivity index (χ1) is 10.1. The first-order valence-corrected chi connectivity index (χ1v) is 8.78. The van der Waals surface area contributed by atoms with Crippen molar-refractivity contribution in [3.63, 3.8) is 0 Å². The van der Waals surface area contributed by atoms with Gasteiger partial charge in [0.2, 0.25) is 11.8 Å². The molecule has 1 atom stereocenters. The predicted molar refractivity (Wildman–Crippen MR) is 82.8 cm³/mol. The Bertz CT molecular complexity index is 479. The molecule has 1 aliphatic heterocycles. The summed E-state index contributed by atoms with van der Waals surface area (Å²) in [4.78, 5) is 19.0. The highest BCUT2D eigenvalue weighted by Gasteiger charge is 2.37. The van der Waals surface area contributed by atoms with E-state index in [2.05, 4.69) is 27.3 Å². The maximum atomic E-state index is 12.5. The molecule has 1 N–H and O–H groups in total. The zero-order valence-corrected chi connectivity index (χ0v) is 13.8. The fraction of sp³-hybridized carbons (Fsp3) is 0.786. The molecule has 1 amide bonds. The third-order valence-electron chi connectivity index (χ3n) is 3.95. The van der Waals surface area contributed by atoms with E-state index in [1.807, 2.05) is 13.2 Å². The molecule has 0 radical (unpaired) electrons. The van der Waals surface area contributed by atoms with Crippen molar-refractivity contribution >= 4 is 17.7 Å². The van der Waals surface area contributed by atoms with Gasteiger partial charge in [-0.3, -0.25) is 4.79 Å². The van der Waals surface area contributed by atoms with E-state index in [1.54, 1.807) is 11.8 Å². The van der Waals surface area contributed by atoms with Gasteiger partial charge in [0, 0.05) is 6.54 Å². The van der Waals surface area contributed by atoms with Crippen LogP contribution >= 0.6 is 11.8 Å². The van der Waals surface area contributed by atoms with Crippen LogP contribution in [0.2, 0.25) is 0 Å². The van der Waals surface area contributed by atoms with Crippen LogP contribution in [0.1, 0.15) is 38.4 Å². The Balaban J connectivity index is 1.88. The van der Waals surface area contributed by atoms with Crippen molar-refractivity contribution in [3.05, 3.63) is 11.7 Å². The van der Waals surface area contributed by atoms with E-state index in [-0.39, 0.29) is 11.3 Å². The fourth-order valence-corrected chi connectivity index (χ4v) is 3.09. The lowest BCUT2D eigenvalue weighted by atomic mass is 9.81. The van der Waals surface area contributed by atoms with Crippen molar-refractivity contribution in [2.45, 2.75) is 39.0 Å². The topological polar surface area (TPSA) is 71.3 Å². The van der Waals surface area contributed by atoms with E-state index in [1.165, 1.54) is 0 Å². The third kappa shape index (κ3) is 4.20. The smallest absolute Gasteiger partial charge is 0.246 e. The number of nitrogens with one attached hydrogen (secondary N) is 1. The number of thioether (sulfide) groups is 1. The molecule has 2 rings (SSSR count). The number of aromatic nitrogens is 2. The number of rotatable bonds is 6. The van der Waals surface area contributed by atoms with Gasteiger partial charge in [0.25, 0.3) is 0 Å². The van der Waals surface area contributed by atoms with Crippen LogP contribution in [0.4, 0.5) is 0 Å². The Morgan fingerprint density at radius 2 is 2.38 bits per heavy atom. The summed E-state index contributed by atoms with van der Waals surface area (Å²) in [6.45, 7) is 7.37. The van der Waals surface area contributed by atoms with Crippen molar-refractivity contribution in [2.24, 2.45) is 5.41 Å². The predicted octanol–water partition coefficient (Wildman–Crippen LogP) is 1.67. The molecule has 2 heterocycles. The summed E-state index contributed by atoms with van der Waals surface area (Å²) in [6.07, 6.45) is 3.98. The third-order valence-corrected chi connectivity index (χ3v) is 4.50. The van der Waals surface area contributed by atoms with Gasteiger partial charge in [-0.15, -0.1) is 0 Å². The molecular formula is C14H24N4O2S. The van der Waals surface area contributed by atoms with Crippen molar-refractivity contribution < 1.29 is 9.32 Å². The zero-order valence-electron chi connectivity index (χ0n) is 13.0. The molecule has 0 saturated carbocycles. The highest BCUT2D eigenvalue weighted by molar-refractivity contribution is 7.97. The molecule has 0 aliphatic carbocycles. The SMILES string of the molecule is CCN1CCCC(C)(C(=O)NCc2nc(CSC)no2)C1. The van der Waals surface area contributed by atoms with Gasteiger partial charge in [-0.05, 0) is 39.1 Å². The summed E-state index contributed by atoms with van der Waals surface area (Å²) in [6, 6.07) is 0. The number of hydrogen-bond donors (Lipinski definition) is 1. The van der Waals surface area contributed by atoms with Crippen LogP contribution in [0.15, 0.2) is 4.52 Å². The summed E-state index contributed by atoms with van der Waals surface area (Å²) >= 11 is 1.64. The number of hydrogen-bond acceptors (Lipinski definition) is 6. The van der Waals surface area contributed by atoms with Crippen molar-refractivity contribution in [2.75, 3.05) is 25.9 Å². The van der Waals surface area contributed by atoms with E-state index in [4.69, 9.17) is 4.52 Å².